The fourth-order valence-corrected chi connectivity index (χ4v) is 5.32. The summed E-state index contributed by atoms with van der Waals surface area (Å²) in [7, 11) is 0. The van der Waals surface area contributed by atoms with Crippen LogP contribution < -0.4 is 25.3 Å². The molecule has 1 fully saturated rings. The third kappa shape index (κ3) is 6.09. The molecule has 6 rings (SSSR count). The van der Waals surface area contributed by atoms with Crippen molar-refractivity contribution in [2.45, 2.75) is 19.5 Å². The average molecular weight is 537 g/mol. The minimum Gasteiger partial charge on any atom is -0.368 e. The summed E-state index contributed by atoms with van der Waals surface area (Å²) in [4.78, 5) is 21.1. The Labute approximate surface area is 234 Å². The van der Waals surface area contributed by atoms with E-state index in [2.05, 4.69) is 91.0 Å². The van der Waals surface area contributed by atoms with Crippen molar-refractivity contribution in [3.05, 3.63) is 102 Å². The number of aromatic nitrogens is 3. The number of thiocarbonyl (C=S) groups is 1. The highest BCUT2D eigenvalue weighted by Gasteiger charge is 2.23. The van der Waals surface area contributed by atoms with E-state index in [0.717, 1.165) is 62.9 Å². The van der Waals surface area contributed by atoms with E-state index in [1.54, 1.807) is 6.20 Å². The van der Waals surface area contributed by atoms with Crippen LogP contribution in [-0.4, -0.2) is 52.8 Å². The Morgan fingerprint density at radius 2 is 1.49 bits per heavy atom. The third-order valence-electron chi connectivity index (χ3n) is 7.28. The number of fused-ring (bicyclic) bond motifs is 1. The molecule has 0 spiro atoms. The van der Waals surface area contributed by atoms with Crippen LogP contribution in [0.3, 0.4) is 0 Å². The second-order valence-electron chi connectivity index (χ2n) is 9.83. The number of rotatable bonds is 6. The predicted octanol–water partition coefficient (Wildman–Crippen LogP) is 4.25. The van der Waals surface area contributed by atoms with Crippen molar-refractivity contribution in [1.29, 1.82) is 0 Å². The van der Waals surface area contributed by atoms with Crippen LogP contribution in [0.5, 0.6) is 0 Å². The number of anilines is 4. The topological polar surface area (TPSA) is 72.5 Å². The molecule has 0 radical (unpaired) electrons. The quantitative estimate of drug-likeness (QED) is 0.352. The number of piperazine rings is 1. The molecule has 0 bridgehead atoms. The molecule has 9 heteroatoms. The number of nitrogens with zero attached hydrogens (tertiary/aromatic N) is 6. The standard InChI is InChI=1S/C30H32N8S/c39-30(32-21-23-7-6-13-31-20-23)35-29-33-27(37-17-15-36(16-18-37)26-10-2-1-3-11-26)19-28(34-29)38-14-12-24-8-4-5-9-25(24)22-38/h1-11,13,19-20H,12,14-18,21-22H2,(H2,32,33,34,35,39). The lowest BCUT2D eigenvalue weighted by Gasteiger charge is -2.37. The van der Waals surface area contributed by atoms with Crippen LogP contribution >= 0.6 is 12.2 Å². The summed E-state index contributed by atoms with van der Waals surface area (Å²) >= 11 is 5.60. The number of hydrogen-bond donors (Lipinski definition) is 2. The van der Waals surface area contributed by atoms with Gasteiger partial charge in [-0.15, -0.1) is 0 Å². The minimum atomic E-state index is 0.486. The van der Waals surface area contributed by atoms with Gasteiger partial charge in [0.15, 0.2) is 5.11 Å². The highest BCUT2D eigenvalue weighted by molar-refractivity contribution is 7.80. The third-order valence-corrected chi connectivity index (χ3v) is 7.53. The van der Waals surface area contributed by atoms with Gasteiger partial charge in [-0.3, -0.25) is 4.98 Å². The summed E-state index contributed by atoms with van der Waals surface area (Å²) in [5.74, 6) is 2.34. The second-order valence-corrected chi connectivity index (χ2v) is 10.2. The minimum absolute atomic E-state index is 0.486. The van der Waals surface area contributed by atoms with Gasteiger partial charge < -0.3 is 25.3 Å². The van der Waals surface area contributed by atoms with Gasteiger partial charge in [0, 0.05) is 70.0 Å². The Morgan fingerprint density at radius 1 is 0.769 bits per heavy atom. The lowest BCUT2D eigenvalue weighted by molar-refractivity contribution is 0.646. The summed E-state index contributed by atoms with van der Waals surface area (Å²) in [5.41, 5.74) is 5.09. The van der Waals surface area contributed by atoms with Gasteiger partial charge in [0.1, 0.15) is 11.6 Å². The smallest absolute Gasteiger partial charge is 0.232 e. The summed E-state index contributed by atoms with van der Waals surface area (Å²) in [6.07, 6.45) is 4.59. The zero-order valence-electron chi connectivity index (χ0n) is 21.8. The van der Waals surface area contributed by atoms with Crippen molar-refractivity contribution in [2.75, 3.05) is 52.7 Å². The molecule has 0 aliphatic carbocycles. The van der Waals surface area contributed by atoms with Gasteiger partial charge in [-0.05, 0) is 53.5 Å². The number of nitrogens with one attached hydrogen (secondary N) is 2. The molecule has 2 aromatic carbocycles. The van der Waals surface area contributed by atoms with E-state index in [0.29, 0.717) is 17.6 Å². The van der Waals surface area contributed by atoms with Crippen molar-refractivity contribution >= 4 is 40.6 Å². The first kappa shape index (κ1) is 25.1. The maximum Gasteiger partial charge on any atom is 0.232 e. The fourth-order valence-electron chi connectivity index (χ4n) is 5.16. The van der Waals surface area contributed by atoms with E-state index in [-0.39, 0.29) is 0 Å². The molecule has 0 atom stereocenters. The molecule has 0 saturated carbocycles. The van der Waals surface area contributed by atoms with E-state index >= 15 is 0 Å². The molecule has 198 valence electrons. The molecule has 0 amide bonds. The lowest BCUT2D eigenvalue weighted by Crippen LogP contribution is -2.47. The molecule has 2 N–H and O–H groups in total. The van der Waals surface area contributed by atoms with Crippen LogP contribution in [0.25, 0.3) is 0 Å². The Morgan fingerprint density at radius 3 is 2.26 bits per heavy atom. The Kier molecular flexibility index (Phi) is 7.49. The first-order valence-electron chi connectivity index (χ1n) is 13.4. The van der Waals surface area contributed by atoms with Gasteiger partial charge in [0.05, 0.1) is 0 Å². The zero-order valence-corrected chi connectivity index (χ0v) is 22.6. The molecule has 0 unspecified atom stereocenters. The molecule has 2 aliphatic rings. The normalized spacial score (nSPS) is 15.0. The van der Waals surface area contributed by atoms with Crippen LogP contribution in [-0.2, 0) is 19.5 Å². The molecule has 2 aliphatic heterocycles. The lowest BCUT2D eigenvalue weighted by atomic mass is 10.00. The monoisotopic (exact) mass is 536 g/mol. The van der Waals surface area contributed by atoms with Crippen molar-refractivity contribution in [2.24, 2.45) is 0 Å². The number of pyridine rings is 1. The van der Waals surface area contributed by atoms with E-state index in [9.17, 15) is 0 Å². The number of hydrogen-bond acceptors (Lipinski definition) is 7. The van der Waals surface area contributed by atoms with Gasteiger partial charge in [-0.1, -0.05) is 48.5 Å². The number of para-hydroxylation sites is 1. The first-order valence-corrected chi connectivity index (χ1v) is 13.8. The summed E-state index contributed by atoms with van der Waals surface area (Å²) < 4.78 is 0. The molecular formula is C30H32N8S. The molecule has 39 heavy (non-hydrogen) atoms. The van der Waals surface area contributed by atoms with E-state index < -0.39 is 0 Å². The van der Waals surface area contributed by atoms with Gasteiger partial charge in [-0.2, -0.15) is 9.97 Å². The maximum atomic E-state index is 5.60. The Bertz CT molecular complexity index is 1410. The van der Waals surface area contributed by atoms with Crippen LogP contribution in [0.15, 0.2) is 85.2 Å². The van der Waals surface area contributed by atoms with Crippen molar-refractivity contribution < 1.29 is 0 Å². The summed E-state index contributed by atoms with van der Waals surface area (Å²) in [5, 5.41) is 6.97. The Hall–Kier alpha value is -4.24. The average Bonchev–Trinajstić information content (AvgIpc) is 3.01. The largest absolute Gasteiger partial charge is 0.368 e. The van der Waals surface area contributed by atoms with Crippen LogP contribution in [0.2, 0.25) is 0 Å². The highest BCUT2D eigenvalue weighted by atomic mass is 32.1. The molecule has 1 saturated heterocycles. The second kappa shape index (κ2) is 11.7. The molecular weight excluding hydrogens is 504 g/mol. The van der Waals surface area contributed by atoms with Crippen LogP contribution in [0.1, 0.15) is 16.7 Å². The predicted molar refractivity (Wildman–Crippen MR) is 161 cm³/mol. The van der Waals surface area contributed by atoms with E-state index in [4.69, 9.17) is 22.2 Å². The van der Waals surface area contributed by atoms with Crippen molar-refractivity contribution in [1.82, 2.24) is 20.3 Å². The molecule has 8 nitrogen and oxygen atoms in total. The van der Waals surface area contributed by atoms with Crippen LogP contribution in [0.4, 0.5) is 23.3 Å². The molecule has 2 aromatic heterocycles. The van der Waals surface area contributed by atoms with Gasteiger partial charge >= 0.3 is 0 Å². The van der Waals surface area contributed by atoms with Crippen molar-refractivity contribution in [3.8, 4) is 0 Å². The van der Waals surface area contributed by atoms with Crippen molar-refractivity contribution in [3.63, 3.8) is 0 Å². The Balaban J connectivity index is 1.21. The van der Waals surface area contributed by atoms with E-state index in [1.165, 1.54) is 16.8 Å². The zero-order chi connectivity index (χ0) is 26.4. The van der Waals surface area contributed by atoms with Gasteiger partial charge in [-0.25, -0.2) is 0 Å². The van der Waals surface area contributed by atoms with Crippen LogP contribution in [0, 0.1) is 0 Å². The maximum absolute atomic E-state index is 5.60. The first-order chi connectivity index (χ1) is 19.2. The van der Waals surface area contributed by atoms with E-state index in [1.807, 2.05) is 18.3 Å². The van der Waals surface area contributed by atoms with Gasteiger partial charge in [0.25, 0.3) is 0 Å². The highest BCUT2D eigenvalue weighted by Crippen LogP contribution is 2.28. The fraction of sp³-hybridized carbons (Fsp3) is 0.267. The summed E-state index contributed by atoms with van der Waals surface area (Å²) in [6, 6.07) is 25.3. The SMILES string of the molecule is S=C(NCc1cccnc1)Nc1nc(N2CCN(c3ccccc3)CC2)cc(N2CCc3ccccc3C2)n1. The molecule has 4 heterocycles. The molecule has 4 aromatic rings. The summed E-state index contributed by atoms with van der Waals surface area (Å²) in [6.45, 7) is 5.98. The number of benzene rings is 2. The van der Waals surface area contributed by atoms with Gasteiger partial charge in [0.2, 0.25) is 5.95 Å².